The maximum atomic E-state index is 10.1. The first-order chi connectivity index (χ1) is 8.00. The molecule has 0 bridgehead atoms. The van der Waals surface area contributed by atoms with Gasteiger partial charge in [0.25, 0.3) is 0 Å². The molecule has 17 heavy (non-hydrogen) atoms. The van der Waals surface area contributed by atoms with Crippen molar-refractivity contribution in [2.24, 2.45) is 0 Å². The molecule has 88 valence electrons. The lowest BCUT2D eigenvalue weighted by Gasteiger charge is -2.21. The Kier molecular flexibility index (Phi) is 2.26. The summed E-state index contributed by atoms with van der Waals surface area (Å²) in [5, 5.41) is 13.1. The zero-order valence-electron chi connectivity index (χ0n) is 10.00. The number of rotatable bonds is 0. The highest BCUT2D eigenvalue weighted by Crippen LogP contribution is 2.49. The average molecular weight is 247 g/mol. The van der Waals surface area contributed by atoms with Crippen LogP contribution in [0.3, 0.4) is 0 Å². The number of aliphatic hydroxyl groups excluding tert-OH is 1. The highest BCUT2D eigenvalue weighted by Gasteiger charge is 2.37. The Morgan fingerprint density at radius 3 is 2.59 bits per heavy atom. The van der Waals surface area contributed by atoms with Crippen LogP contribution in [-0.2, 0) is 5.41 Å². The van der Waals surface area contributed by atoms with Gasteiger partial charge in [0.1, 0.15) is 0 Å². The van der Waals surface area contributed by atoms with E-state index in [0.717, 1.165) is 22.4 Å². The lowest BCUT2D eigenvalue weighted by atomic mass is 9.83. The number of benzene rings is 2. The van der Waals surface area contributed by atoms with Gasteiger partial charge in [-0.3, -0.25) is 0 Å². The molecule has 3 rings (SSSR count). The van der Waals surface area contributed by atoms with E-state index >= 15 is 0 Å². The van der Waals surface area contributed by atoms with Gasteiger partial charge in [0, 0.05) is 10.4 Å². The monoisotopic (exact) mass is 246 g/mol. The quantitative estimate of drug-likeness (QED) is 0.738. The third-order valence-electron chi connectivity index (χ3n) is 3.76. The zero-order chi connectivity index (χ0) is 12.2. The van der Waals surface area contributed by atoms with Crippen LogP contribution in [0.25, 0.3) is 10.8 Å². The van der Waals surface area contributed by atoms with E-state index in [1.54, 1.807) is 0 Å². The minimum absolute atomic E-state index is 0.0128. The SMILES string of the molecule is CC1(C)CC(O)c2cc(Cl)c3ccccc3c21. The van der Waals surface area contributed by atoms with Gasteiger partial charge in [0.15, 0.2) is 0 Å². The van der Waals surface area contributed by atoms with Crippen LogP contribution in [-0.4, -0.2) is 5.11 Å². The lowest BCUT2D eigenvalue weighted by Crippen LogP contribution is -2.12. The predicted molar refractivity (Wildman–Crippen MR) is 71.6 cm³/mol. The number of hydrogen-bond donors (Lipinski definition) is 1. The molecule has 1 N–H and O–H groups in total. The fraction of sp³-hybridized carbons (Fsp3) is 0.333. The van der Waals surface area contributed by atoms with Crippen LogP contribution in [0.2, 0.25) is 5.02 Å². The molecule has 0 amide bonds. The third kappa shape index (κ3) is 1.50. The van der Waals surface area contributed by atoms with Crippen molar-refractivity contribution in [2.75, 3.05) is 0 Å². The number of halogens is 1. The highest BCUT2D eigenvalue weighted by molar-refractivity contribution is 6.35. The first-order valence-corrected chi connectivity index (χ1v) is 6.28. The Labute approximate surface area is 106 Å². The molecular formula is C15H15ClO. The average Bonchev–Trinajstić information content (AvgIpc) is 2.49. The van der Waals surface area contributed by atoms with E-state index in [9.17, 15) is 5.11 Å². The van der Waals surface area contributed by atoms with Crippen LogP contribution < -0.4 is 0 Å². The summed E-state index contributed by atoms with van der Waals surface area (Å²) in [6, 6.07) is 10.1. The molecule has 0 aromatic heterocycles. The molecule has 1 nitrogen and oxygen atoms in total. The van der Waals surface area contributed by atoms with Crippen LogP contribution in [0.1, 0.15) is 37.5 Å². The van der Waals surface area contributed by atoms with Gasteiger partial charge >= 0.3 is 0 Å². The Balaban J connectivity index is 2.47. The molecule has 1 unspecified atom stereocenters. The summed E-state index contributed by atoms with van der Waals surface area (Å²) in [6.07, 6.45) is 0.384. The predicted octanol–water partition coefficient (Wildman–Crippen LogP) is 4.21. The second kappa shape index (κ2) is 3.47. The topological polar surface area (TPSA) is 20.2 Å². The van der Waals surface area contributed by atoms with Gasteiger partial charge in [0.05, 0.1) is 6.10 Å². The van der Waals surface area contributed by atoms with Gasteiger partial charge in [-0.15, -0.1) is 0 Å². The summed E-state index contributed by atoms with van der Waals surface area (Å²) in [6.45, 7) is 4.37. The summed E-state index contributed by atoms with van der Waals surface area (Å²) in [5.41, 5.74) is 2.27. The maximum Gasteiger partial charge on any atom is 0.0802 e. The summed E-state index contributed by atoms with van der Waals surface area (Å²) >= 11 is 6.29. The van der Waals surface area contributed by atoms with Crippen molar-refractivity contribution in [2.45, 2.75) is 31.8 Å². The molecule has 0 heterocycles. The maximum absolute atomic E-state index is 10.1. The Morgan fingerprint density at radius 2 is 1.88 bits per heavy atom. The van der Waals surface area contributed by atoms with Gasteiger partial charge in [-0.2, -0.15) is 0 Å². The Hall–Kier alpha value is -1.05. The van der Waals surface area contributed by atoms with E-state index in [1.165, 1.54) is 10.9 Å². The van der Waals surface area contributed by atoms with Gasteiger partial charge < -0.3 is 5.11 Å². The molecule has 0 spiro atoms. The molecule has 2 heteroatoms. The molecule has 2 aromatic carbocycles. The van der Waals surface area contributed by atoms with Crippen LogP contribution in [0, 0.1) is 0 Å². The van der Waals surface area contributed by atoms with Crippen molar-refractivity contribution < 1.29 is 5.11 Å². The smallest absolute Gasteiger partial charge is 0.0802 e. The van der Waals surface area contributed by atoms with E-state index < -0.39 is 0 Å². The zero-order valence-corrected chi connectivity index (χ0v) is 10.8. The molecular weight excluding hydrogens is 232 g/mol. The number of hydrogen-bond acceptors (Lipinski definition) is 1. The molecule has 1 atom stereocenters. The molecule has 0 saturated carbocycles. The van der Waals surface area contributed by atoms with Crippen molar-refractivity contribution in [3.63, 3.8) is 0 Å². The minimum atomic E-state index is -0.387. The standard InChI is InChI=1S/C15H15ClO/c1-15(2)8-13(17)11-7-12(16)9-5-3-4-6-10(9)14(11)15/h3-7,13,17H,8H2,1-2H3. The van der Waals surface area contributed by atoms with Crippen LogP contribution >= 0.6 is 11.6 Å². The lowest BCUT2D eigenvalue weighted by molar-refractivity contribution is 0.161. The van der Waals surface area contributed by atoms with Gasteiger partial charge in [-0.1, -0.05) is 49.7 Å². The first-order valence-electron chi connectivity index (χ1n) is 5.90. The summed E-state index contributed by atoms with van der Waals surface area (Å²) in [7, 11) is 0. The molecule has 2 aromatic rings. The minimum Gasteiger partial charge on any atom is -0.388 e. The second-order valence-electron chi connectivity index (χ2n) is 5.47. The van der Waals surface area contributed by atoms with Crippen molar-refractivity contribution in [1.29, 1.82) is 0 Å². The van der Waals surface area contributed by atoms with E-state index in [4.69, 9.17) is 11.6 Å². The van der Waals surface area contributed by atoms with E-state index in [2.05, 4.69) is 19.9 Å². The number of fused-ring (bicyclic) bond motifs is 3. The largest absolute Gasteiger partial charge is 0.388 e. The fourth-order valence-electron chi connectivity index (χ4n) is 3.06. The summed E-state index contributed by atoms with van der Waals surface area (Å²) in [5.74, 6) is 0. The summed E-state index contributed by atoms with van der Waals surface area (Å²) in [4.78, 5) is 0. The van der Waals surface area contributed by atoms with Crippen molar-refractivity contribution in [3.05, 3.63) is 46.5 Å². The van der Waals surface area contributed by atoms with Crippen LogP contribution in [0.15, 0.2) is 30.3 Å². The van der Waals surface area contributed by atoms with Crippen molar-refractivity contribution in [3.8, 4) is 0 Å². The van der Waals surface area contributed by atoms with E-state index in [0.29, 0.717) is 0 Å². The molecule has 0 aliphatic heterocycles. The molecule has 0 fully saturated rings. The molecule has 0 radical (unpaired) electrons. The molecule has 1 aliphatic carbocycles. The van der Waals surface area contributed by atoms with Gasteiger partial charge in [-0.05, 0) is 34.4 Å². The van der Waals surface area contributed by atoms with Crippen molar-refractivity contribution >= 4 is 22.4 Å². The second-order valence-corrected chi connectivity index (χ2v) is 5.88. The molecule has 0 saturated heterocycles. The third-order valence-corrected chi connectivity index (χ3v) is 4.08. The van der Waals surface area contributed by atoms with Crippen molar-refractivity contribution in [1.82, 2.24) is 0 Å². The van der Waals surface area contributed by atoms with Crippen LogP contribution in [0.4, 0.5) is 0 Å². The van der Waals surface area contributed by atoms with Gasteiger partial charge in [-0.25, -0.2) is 0 Å². The Morgan fingerprint density at radius 1 is 1.24 bits per heavy atom. The molecule has 1 aliphatic rings. The van der Waals surface area contributed by atoms with E-state index in [-0.39, 0.29) is 11.5 Å². The normalized spacial score (nSPS) is 21.8. The first kappa shape index (κ1) is 11.1. The summed E-state index contributed by atoms with van der Waals surface area (Å²) < 4.78 is 0. The van der Waals surface area contributed by atoms with Gasteiger partial charge in [0.2, 0.25) is 0 Å². The van der Waals surface area contributed by atoms with Crippen LogP contribution in [0.5, 0.6) is 0 Å². The number of aliphatic hydroxyl groups is 1. The fourth-order valence-corrected chi connectivity index (χ4v) is 3.35. The highest BCUT2D eigenvalue weighted by atomic mass is 35.5. The Bertz CT molecular complexity index is 601. The van der Waals surface area contributed by atoms with E-state index in [1.807, 2.05) is 24.3 Å².